The lowest BCUT2D eigenvalue weighted by atomic mass is 9.92. The second kappa shape index (κ2) is 13.4. The summed E-state index contributed by atoms with van der Waals surface area (Å²) in [4.78, 5) is 4.33. The number of hydrogen-bond donors (Lipinski definition) is 0. The predicted octanol–water partition coefficient (Wildman–Crippen LogP) is 6.50. The molecule has 2 nitrogen and oxygen atoms in total. The smallest absolute Gasteiger partial charge is 0.130 e. The van der Waals surface area contributed by atoms with E-state index in [1.165, 1.54) is 33.4 Å². The van der Waals surface area contributed by atoms with E-state index in [-0.39, 0.29) is 5.16 Å². The van der Waals surface area contributed by atoms with E-state index in [1.807, 2.05) is 24.7 Å². The van der Waals surface area contributed by atoms with E-state index in [0.29, 0.717) is 0 Å². The van der Waals surface area contributed by atoms with E-state index >= 15 is 0 Å². The highest BCUT2D eigenvalue weighted by Crippen LogP contribution is 2.34. The summed E-state index contributed by atoms with van der Waals surface area (Å²) in [5, 5.41) is -0.127. The van der Waals surface area contributed by atoms with Gasteiger partial charge in [0.1, 0.15) is 7.85 Å². The maximum absolute atomic E-state index is 4.33. The van der Waals surface area contributed by atoms with Crippen LogP contribution in [0.1, 0.15) is 29.2 Å². The first-order chi connectivity index (χ1) is 18.6. The van der Waals surface area contributed by atoms with Gasteiger partial charge in [0.15, 0.2) is 0 Å². The number of aromatic nitrogens is 2. The Balaban J connectivity index is 0.000000194. The van der Waals surface area contributed by atoms with Crippen LogP contribution in [0, 0.1) is 0 Å². The molecule has 0 radical (unpaired) electrons. The van der Waals surface area contributed by atoms with E-state index in [0.717, 1.165) is 6.04 Å². The molecule has 0 aliphatic carbocycles. The molecular formula is C34H35BN2Si. The minimum Gasteiger partial charge on any atom is -0.327 e. The van der Waals surface area contributed by atoms with E-state index in [2.05, 4.69) is 152 Å². The largest absolute Gasteiger partial charge is 0.327 e. The number of hydrogen-bond acceptors (Lipinski definition) is 1. The molecule has 1 heterocycles. The van der Waals surface area contributed by atoms with Crippen LogP contribution in [-0.4, -0.2) is 26.9 Å². The SMILES string of the molecule is BC=C(c1ccccc1)c1ccccc1.C=C(C)C[SiH2]C(c1ccccc1)(c1ccccc1)n1ccnc1. The molecule has 0 spiro atoms. The van der Waals surface area contributed by atoms with Gasteiger partial charge in [-0.05, 0) is 40.8 Å². The summed E-state index contributed by atoms with van der Waals surface area (Å²) in [5.74, 6) is 2.16. The van der Waals surface area contributed by atoms with Gasteiger partial charge < -0.3 is 4.57 Å². The summed E-state index contributed by atoms with van der Waals surface area (Å²) in [6.07, 6.45) is 5.91. The van der Waals surface area contributed by atoms with Crippen molar-refractivity contribution in [2.75, 3.05) is 0 Å². The molecule has 0 aliphatic heterocycles. The standard InChI is InChI=1S/C20H22N2Si.C14H13B/c1-17(2)15-23-20(22-14-13-21-16-22,18-9-5-3-6-10-18)19-11-7-4-8-12-19;15-11-14(12-7-3-1-4-8-12)13-9-5-2-6-10-13/h3-14,16H,1,15,23H2,2H3;1-11H,15H2. The van der Waals surface area contributed by atoms with Crippen LogP contribution in [0.3, 0.4) is 0 Å². The number of nitrogens with zero attached hydrogens (tertiary/aromatic N) is 2. The molecule has 1 aromatic heterocycles. The van der Waals surface area contributed by atoms with Gasteiger partial charge in [-0.25, -0.2) is 4.98 Å². The Morgan fingerprint density at radius 2 is 1.24 bits per heavy atom. The Bertz CT molecular complexity index is 1330. The van der Waals surface area contributed by atoms with Crippen molar-refractivity contribution in [3.63, 3.8) is 0 Å². The molecule has 5 aromatic rings. The Kier molecular flexibility index (Phi) is 9.49. The quantitative estimate of drug-likeness (QED) is 0.172. The third-order valence-corrected chi connectivity index (χ3v) is 9.83. The van der Waals surface area contributed by atoms with Crippen molar-refractivity contribution in [2.45, 2.75) is 18.1 Å². The molecule has 38 heavy (non-hydrogen) atoms. The van der Waals surface area contributed by atoms with Gasteiger partial charge in [0.25, 0.3) is 0 Å². The minimum atomic E-state index is -0.571. The minimum absolute atomic E-state index is 0.127. The van der Waals surface area contributed by atoms with Crippen LogP contribution in [0.25, 0.3) is 5.57 Å². The van der Waals surface area contributed by atoms with Crippen molar-refractivity contribution in [1.29, 1.82) is 0 Å². The highest BCUT2D eigenvalue weighted by Gasteiger charge is 2.35. The van der Waals surface area contributed by atoms with Crippen LogP contribution in [0.4, 0.5) is 0 Å². The van der Waals surface area contributed by atoms with Gasteiger partial charge in [0.2, 0.25) is 0 Å². The van der Waals surface area contributed by atoms with Crippen LogP contribution in [0.5, 0.6) is 0 Å². The van der Waals surface area contributed by atoms with Crippen molar-refractivity contribution in [2.24, 2.45) is 0 Å². The number of rotatable bonds is 8. The van der Waals surface area contributed by atoms with E-state index < -0.39 is 9.52 Å². The third-order valence-electron chi connectivity index (χ3n) is 6.82. The van der Waals surface area contributed by atoms with Gasteiger partial charge in [-0.3, -0.25) is 0 Å². The Labute approximate surface area is 230 Å². The lowest BCUT2D eigenvalue weighted by Crippen LogP contribution is -2.41. The number of imidazole rings is 1. The maximum atomic E-state index is 4.33. The topological polar surface area (TPSA) is 17.8 Å². The molecule has 0 unspecified atom stereocenters. The number of allylic oxidation sites excluding steroid dienone is 1. The Morgan fingerprint density at radius 1 is 0.789 bits per heavy atom. The Hall–Kier alpha value is -4.15. The predicted molar refractivity (Wildman–Crippen MR) is 168 cm³/mol. The van der Waals surface area contributed by atoms with Gasteiger partial charge in [0.05, 0.1) is 21.0 Å². The molecule has 0 atom stereocenters. The summed E-state index contributed by atoms with van der Waals surface area (Å²) in [5.41, 5.74) is 7.75. The van der Waals surface area contributed by atoms with Crippen LogP contribution in [-0.2, 0) is 5.16 Å². The van der Waals surface area contributed by atoms with Crippen molar-refractivity contribution in [3.8, 4) is 0 Å². The second-order valence-corrected chi connectivity index (χ2v) is 11.5. The first-order valence-corrected chi connectivity index (χ1v) is 14.9. The Morgan fingerprint density at radius 3 is 1.61 bits per heavy atom. The fraction of sp³-hybridized carbons (Fsp3) is 0.0882. The van der Waals surface area contributed by atoms with Crippen LogP contribution >= 0.6 is 0 Å². The molecule has 0 fully saturated rings. The lowest BCUT2D eigenvalue weighted by molar-refractivity contribution is 0.592. The van der Waals surface area contributed by atoms with Crippen LogP contribution < -0.4 is 0 Å². The van der Waals surface area contributed by atoms with E-state index in [1.54, 1.807) is 0 Å². The molecule has 5 rings (SSSR count). The molecule has 4 aromatic carbocycles. The van der Waals surface area contributed by atoms with Gasteiger partial charge in [-0.1, -0.05) is 127 Å². The molecule has 0 amide bonds. The highest BCUT2D eigenvalue weighted by molar-refractivity contribution is 6.42. The fourth-order valence-corrected chi connectivity index (χ4v) is 7.21. The van der Waals surface area contributed by atoms with Gasteiger partial charge >= 0.3 is 0 Å². The van der Waals surface area contributed by atoms with Crippen molar-refractivity contribution < 1.29 is 0 Å². The summed E-state index contributed by atoms with van der Waals surface area (Å²) >= 11 is 0. The monoisotopic (exact) mass is 510 g/mol. The molecule has 188 valence electrons. The van der Waals surface area contributed by atoms with Gasteiger partial charge in [-0.15, -0.1) is 12.6 Å². The molecule has 0 saturated carbocycles. The molecule has 0 saturated heterocycles. The second-order valence-electron chi connectivity index (χ2n) is 9.45. The third kappa shape index (κ3) is 6.40. The van der Waals surface area contributed by atoms with Crippen LogP contribution in [0.15, 0.2) is 158 Å². The molecular weight excluding hydrogens is 475 g/mol. The zero-order valence-corrected chi connectivity index (χ0v) is 23.8. The van der Waals surface area contributed by atoms with Crippen molar-refractivity contribution in [3.05, 3.63) is 180 Å². The van der Waals surface area contributed by atoms with Gasteiger partial charge in [0, 0.05) is 12.4 Å². The maximum Gasteiger partial charge on any atom is 0.130 e. The molecule has 4 heteroatoms. The first-order valence-electron chi connectivity index (χ1n) is 13.2. The average molecular weight is 511 g/mol. The van der Waals surface area contributed by atoms with Crippen molar-refractivity contribution >= 4 is 22.9 Å². The summed E-state index contributed by atoms with van der Waals surface area (Å²) in [6.45, 7) is 6.26. The molecule has 0 bridgehead atoms. The van der Waals surface area contributed by atoms with Crippen molar-refractivity contribution in [1.82, 2.24) is 9.55 Å². The lowest BCUT2D eigenvalue weighted by Gasteiger charge is -2.37. The van der Waals surface area contributed by atoms with E-state index in [9.17, 15) is 0 Å². The summed E-state index contributed by atoms with van der Waals surface area (Å²) in [7, 11) is 1.51. The molecule has 0 aliphatic rings. The fourth-order valence-electron chi connectivity index (χ4n) is 4.92. The first kappa shape index (κ1) is 26.9. The zero-order valence-electron chi connectivity index (χ0n) is 22.4. The van der Waals surface area contributed by atoms with E-state index in [4.69, 9.17) is 0 Å². The molecule has 0 N–H and O–H groups in total. The zero-order chi connectivity index (χ0) is 26.6. The van der Waals surface area contributed by atoms with Crippen LogP contribution in [0.2, 0.25) is 6.04 Å². The summed E-state index contributed by atoms with van der Waals surface area (Å²) in [6, 6.07) is 43.6. The normalized spacial score (nSPS) is 11.0. The average Bonchev–Trinajstić information content (AvgIpc) is 3.52. The highest BCUT2D eigenvalue weighted by atomic mass is 28.2. The van der Waals surface area contributed by atoms with Gasteiger partial charge in [-0.2, -0.15) is 0 Å². The number of benzene rings is 4. The summed E-state index contributed by atoms with van der Waals surface area (Å²) < 4.78 is 2.28.